The Morgan fingerprint density at radius 1 is 1.27 bits per heavy atom. The van der Waals surface area contributed by atoms with E-state index < -0.39 is 15.8 Å². The summed E-state index contributed by atoms with van der Waals surface area (Å²) in [6.07, 6.45) is 1.43. The molecule has 0 aliphatic carbocycles. The van der Waals surface area contributed by atoms with Crippen LogP contribution in [0, 0.1) is 6.92 Å². The normalized spacial score (nSPS) is 12.0. The van der Waals surface area contributed by atoms with E-state index in [9.17, 15) is 13.2 Å². The minimum atomic E-state index is -3.76. The van der Waals surface area contributed by atoms with E-state index in [0.29, 0.717) is 22.5 Å². The van der Waals surface area contributed by atoms with Gasteiger partial charge < -0.3 is 4.42 Å². The minimum absolute atomic E-state index is 0.101. The summed E-state index contributed by atoms with van der Waals surface area (Å²) in [5.74, 6) is -0.502. The Morgan fingerprint density at radius 2 is 2.00 bits per heavy atom. The minimum Gasteiger partial charge on any atom is -0.408 e. The quantitative estimate of drug-likeness (QED) is 0.775. The van der Waals surface area contributed by atoms with Gasteiger partial charge in [0.1, 0.15) is 4.90 Å². The van der Waals surface area contributed by atoms with Gasteiger partial charge in [-0.2, -0.15) is 5.10 Å². The molecule has 0 atom stereocenters. The summed E-state index contributed by atoms with van der Waals surface area (Å²) in [4.78, 5) is 11.6. The van der Waals surface area contributed by atoms with Crippen molar-refractivity contribution in [2.75, 3.05) is 4.72 Å². The van der Waals surface area contributed by atoms with Gasteiger partial charge in [-0.05, 0) is 19.1 Å². The van der Waals surface area contributed by atoms with Gasteiger partial charge in [0, 0.05) is 26.4 Å². The van der Waals surface area contributed by atoms with Crippen molar-refractivity contribution in [3.05, 3.63) is 40.6 Å². The van der Waals surface area contributed by atoms with E-state index in [1.807, 2.05) is 0 Å². The number of anilines is 1. The predicted octanol–water partition coefficient (Wildman–Crippen LogP) is 0.974. The Kier molecular flexibility index (Phi) is 3.10. The van der Waals surface area contributed by atoms with Gasteiger partial charge >= 0.3 is 5.76 Å². The van der Waals surface area contributed by atoms with Crippen molar-refractivity contribution in [3.63, 3.8) is 0 Å². The first kappa shape index (κ1) is 14.4. The largest absolute Gasteiger partial charge is 0.419 e. The Balaban J connectivity index is 2.02. The molecule has 8 nitrogen and oxygen atoms in total. The first-order valence-corrected chi connectivity index (χ1v) is 7.89. The predicted molar refractivity (Wildman–Crippen MR) is 80.2 cm³/mol. The van der Waals surface area contributed by atoms with E-state index in [4.69, 9.17) is 4.42 Å². The average Bonchev–Trinajstić information content (AvgIpc) is 2.90. The standard InChI is InChI=1S/C13H14N4O4S/c1-8-12(7-16(2)14-8)22(19,20)15-9-4-5-10-11(6-9)21-13(18)17(10)3/h4-7,15H,1-3H3. The first-order chi connectivity index (χ1) is 10.3. The number of oxazole rings is 1. The molecule has 1 N–H and O–H groups in total. The van der Waals surface area contributed by atoms with Gasteiger partial charge in [0.15, 0.2) is 5.58 Å². The number of hydrogen-bond donors (Lipinski definition) is 1. The van der Waals surface area contributed by atoms with E-state index in [1.54, 1.807) is 33.2 Å². The molecule has 1 aromatic carbocycles. The third kappa shape index (κ3) is 2.29. The highest BCUT2D eigenvalue weighted by Crippen LogP contribution is 2.22. The maximum absolute atomic E-state index is 12.4. The summed E-state index contributed by atoms with van der Waals surface area (Å²) in [5, 5.41) is 4.02. The summed E-state index contributed by atoms with van der Waals surface area (Å²) >= 11 is 0. The summed E-state index contributed by atoms with van der Waals surface area (Å²) < 4.78 is 35.0. The van der Waals surface area contributed by atoms with Gasteiger partial charge in [0.05, 0.1) is 16.9 Å². The van der Waals surface area contributed by atoms with Crippen LogP contribution in [0.15, 0.2) is 38.5 Å². The summed E-state index contributed by atoms with van der Waals surface area (Å²) in [5.41, 5.74) is 1.62. The van der Waals surface area contributed by atoms with Crippen LogP contribution in [0.25, 0.3) is 11.1 Å². The van der Waals surface area contributed by atoms with Gasteiger partial charge in [-0.25, -0.2) is 13.2 Å². The molecule has 0 aliphatic heterocycles. The van der Waals surface area contributed by atoms with Crippen LogP contribution < -0.4 is 10.5 Å². The monoisotopic (exact) mass is 322 g/mol. The van der Waals surface area contributed by atoms with Crippen molar-refractivity contribution in [2.24, 2.45) is 14.1 Å². The molecule has 0 radical (unpaired) electrons. The Bertz CT molecular complexity index is 1030. The highest BCUT2D eigenvalue weighted by Gasteiger charge is 2.20. The third-order valence-corrected chi connectivity index (χ3v) is 4.79. The number of aryl methyl sites for hydroxylation is 3. The lowest BCUT2D eigenvalue weighted by Crippen LogP contribution is -2.13. The second-order valence-electron chi connectivity index (χ2n) is 4.97. The van der Waals surface area contributed by atoms with Crippen LogP contribution in [0.1, 0.15) is 5.69 Å². The van der Waals surface area contributed by atoms with Crippen molar-refractivity contribution in [1.82, 2.24) is 14.3 Å². The number of rotatable bonds is 3. The second-order valence-corrected chi connectivity index (χ2v) is 6.62. The molecule has 0 aliphatic rings. The number of aromatic nitrogens is 3. The van der Waals surface area contributed by atoms with E-state index in [0.717, 1.165) is 0 Å². The average molecular weight is 322 g/mol. The molecule has 9 heteroatoms. The van der Waals surface area contributed by atoms with E-state index >= 15 is 0 Å². The van der Waals surface area contributed by atoms with Crippen molar-refractivity contribution in [1.29, 1.82) is 0 Å². The van der Waals surface area contributed by atoms with Gasteiger partial charge in [-0.3, -0.25) is 14.0 Å². The molecule has 2 heterocycles. The van der Waals surface area contributed by atoms with Crippen molar-refractivity contribution < 1.29 is 12.8 Å². The van der Waals surface area contributed by atoms with E-state index in [2.05, 4.69) is 9.82 Å². The van der Waals surface area contributed by atoms with Crippen LogP contribution in [0.3, 0.4) is 0 Å². The topological polar surface area (TPSA) is 99.1 Å². The maximum Gasteiger partial charge on any atom is 0.419 e. The van der Waals surface area contributed by atoms with Crippen LogP contribution in [-0.2, 0) is 24.1 Å². The van der Waals surface area contributed by atoms with Gasteiger partial charge in [-0.15, -0.1) is 0 Å². The Labute approximate surface area is 126 Å². The van der Waals surface area contributed by atoms with Gasteiger partial charge in [0.25, 0.3) is 10.0 Å². The van der Waals surface area contributed by atoms with Crippen LogP contribution >= 0.6 is 0 Å². The molecule has 116 valence electrons. The molecule has 3 rings (SSSR count). The fourth-order valence-electron chi connectivity index (χ4n) is 2.25. The molecule has 2 aromatic heterocycles. The molecule has 0 saturated heterocycles. The van der Waals surface area contributed by atoms with Crippen molar-refractivity contribution in [3.8, 4) is 0 Å². The molecule has 0 saturated carbocycles. The molecular weight excluding hydrogens is 308 g/mol. The van der Waals surface area contributed by atoms with Crippen LogP contribution in [0.2, 0.25) is 0 Å². The molecule has 0 fully saturated rings. The van der Waals surface area contributed by atoms with Gasteiger partial charge in [-0.1, -0.05) is 0 Å². The molecular formula is C13H14N4O4S. The highest BCUT2D eigenvalue weighted by molar-refractivity contribution is 7.92. The molecule has 0 bridgehead atoms. The van der Waals surface area contributed by atoms with Crippen LogP contribution in [0.4, 0.5) is 5.69 Å². The maximum atomic E-state index is 12.4. The van der Waals surface area contributed by atoms with Crippen molar-refractivity contribution in [2.45, 2.75) is 11.8 Å². The number of nitrogens with one attached hydrogen (secondary N) is 1. The van der Waals surface area contributed by atoms with Crippen LogP contribution in [0.5, 0.6) is 0 Å². The summed E-state index contributed by atoms with van der Waals surface area (Å²) in [6.45, 7) is 1.62. The lowest BCUT2D eigenvalue weighted by Gasteiger charge is -2.06. The second kappa shape index (κ2) is 4.73. The SMILES string of the molecule is Cc1nn(C)cc1S(=O)(=O)Nc1ccc2c(c1)oc(=O)n2C. The summed E-state index contributed by atoms with van der Waals surface area (Å²) in [6, 6.07) is 4.66. The lowest BCUT2D eigenvalue weighted by atomic mass is 10.3. The lowest BCUT2D eigenvalue weighted by molar-refractivity contribution is 0.528. The molecule has 0 spiro atoms. The molecule has 3 aromatic rings. The number of nitrogens with zero attached hydrogens (tertiary/aromatic N) is 3. The smallest absolute Gasteiger partial charge is 0.408 e. The molecule has 0 unspecified atom stereocenters. The van der Waals surface area contributed by atoms with Gasteiger partial charge in [0.2, 0.25) is 0 Å². The Hall–Kier alpha value is -2.55. The fraction of sp³-hybridized carbons (Fsp3) is 0.231. The first-order valence-electron chi connectivity index (χ1n) is 6.40. The zero-order chi connectivity index (χ0) is 16.1. The highest BCUT2D eigenvalue weighted by atomic mass is 32.2. The van der Waals surface area contributed by atoms with Crippen LogP contribution in [-0.4, -0.2) is 22.8 Å². The number of benzene rings is 1. The van der Waals surface area contributed by atoms with E-state index in [1.165, 1.54) is 21.5 Å². The third-order valence-electron chi connectivity index (χ3n) is 3.30. The zero-order valence-corrected chi connectivity index (χ0v) is 13.0. The number of hydrogen-bond acceptors (Lipinski definition) is 5. The number of sulfonamides is 1. The number of fused-ring (bicyclic) bond motifs is 1. The fourth-order valence-corrected chi connectivity index (χ4v) is 3.52. The van der Waals surface area contributed by atoms with Crippen molar-refractivity contribution >= 4 is 26.8 Å². The Morgan fingerprint density at radius 3 is 2.64 bits per heavy atom. The molecule has 22 heavy (non-hydrogen) atoms. The summed E-state index contributed by atoms with van der Waals surface area (Å²) in [7, 11) is -0.525. The molecule has 0 amide bonds. The van der Waals surface area contributed by atoms with E-state index in [-0.39, 0.29) is 4.90 Å². The zero-order valence-electron chi connectivity index (χ0n) is 12.2.